The topological polar surface area (TPSA) is 63.0 Å². The molecule has 0 aromatic carbocycles. The van der Waals surface area contributed by atoms with Crippen molar-refractivity contribution in [3.8, 4) is 0 Å². The summed E-state index contributed by atoms with van der Waals surface area (Å²) in [5.41, 5.74) is 0. The molecule has 0 fully saturated rings. The highest BCUT2D eigenvalue weighted by atomic mass is 32.2. The molecule has 1 rings (SSSR count). The van der Waals surface area contributed by atoms with E-state index in [0.717, 1.165) is 17.3 Å². The predicted molar refractivity (Wildman–Crippen MR) is 56.3 cm³/mol. The molecule has 0 aliphatic heterocycles. The molecular formula is C8H16N4OS. The molecular weight excluding hydrogens is 200 g/mol. The number of aliphatic hydroxyl groups excluding tert-OH is 1. The van der Waals surface area contributed by atoms with Crippen LogP contribution in [0.2, 0.25) is 0 Å². The Balaban J connectivity index is 2.35. The monoisotopic (exact) mass is 216 g/mol. The molecule has 14 heavy (non-hydrogen) atoms. The van der Waals surface area contributed by atoms with Crippen molar-refractivity contribution in [2.45, 2.75) is 17.6 Å². The zero-order chi connectivity index (χ0) is 10.4. The van der Waals surface area contributed by atoms with Crippen molar-refractivity contribution in [1.29, 1.82) is 0 Å². The van der Waals surface area contributed by atoms with Gasteiger partial charge >= 0.3 is 0 Å². The van der Waals surface area contributed by atoms with Gasteiger partial charge in [-0.05, 0) is 13.5 Å². The number of rotatable bonds is 6. The van der Waals surface area contributed by atoms with E-state index in [2.05, 4.69) is 15.4 Å². The highest BCUT2D eigenvalue weighted by molar-refractivity contribution is 7.99. The van der Waals surface area contributed by atoms with Crippen LogP contribution in [0.25, 0.3) is 0 Å². The first-order valence-electron chi connectivity index (χ1n) is 4.53. The quantitative estimate of drug-likeness (QED) is 0.649. The van der Waals surface area contributed by atoms with E-state index < -0.39 is 0 Å². The van der Waals surface area contributed by atoms with Crippen molar-refractivity contribution in [1.82, 2.24) is 20.1 Å². The summed E-state index contributed by atoms with van der Waals surface area (Å²) in [6.45, 7) is 0.213. The molecule has 1 aromatic heterocycles. The van der Waals surface area contributed by atoms with Crippen LogP contribution in [0.3, 0.4) is 0 Å². The van der Waals surface area contributed by atoms with Crippen LogP contribution >= 0.6 is 11.8 Å². The summed E-state index contributed by atoms with van der Waals surface area (Å²) >= 11 is 1.64. The van der Waals surface area contributed by atoms with E-state index in [1.54, 1.807) is 22.8 Å². The van der Waals surface area contributed by atoms with Crippen molar-refractivity contribution >= 4 is 11.8 Å². The number of aromatic nitrogens is 3. The average Bonchev–Trinajstić information content (AvgIpc) is 2.59. The molecule has 0 amide bonds. The Morgan fingerprint density at radius 2 is 2.50 bits per heavy atom. The summed E-state index contributed by atoms with van der Waals surface area (Å²) in [4.78, 5) is 4.11. The lowest BCUT2D eigenvalue weighted by atomic mass is 10.2. The number of hydrogen-bond acceptors (Lipinski definition) is 5. The van der Waals surface area contributed by atoms with Crippen molar-refractivity contribution < 1.29 is 5.11 Å². The zero-order valence-electron chi connectivity index (χ0n) is 8.47. The van der Waals surface area contributed by atoms with Gasteiger partial charge in [-0.15, -0.1) is 0 Å². The summed E-state index contributed by atoms with van der Waals surface area (Å²) in [5, 5.41) is 16.8. The molecule has 0 aliphatic carbocycles. The molecule has 5 nitrogen and oxygen atoms in total. The molecule has 0 bridgehead atoms. The van der Waals surface area contributed by atoms with Crippen LogP contribution in [-0.2, 0) is 7.05 Å². The molecule has 1 atom stereocenters. The number of aryl methyl sites for hydroxylation is 1. The second kappa shape index (κ2) is 6.00. The van der Waals surface area contributed by atoms with Gasteiger partial charge in [-0.25, -0.2) is 9.67 Å². The fourth-order valence-corrected chi connectivity index (χ4v) is 2.10. The Bertz CT molecular complexity index is 266. The van der Waals surface area contributed by atoms with Crippen molar-refractivity contribution in [2.24, 2.45) is 7.05 Å². The third kappa shape index (κ3) is 3.28. The van der Waals surface area contributed by atoms with Crippen LogP contribution in [0.5, 0.6) is 0 Å². The Kier molecular flexibility index (Phi) is 4.92. The molecule has 2 N–H and O–H groups in total. The van der Waals surface area contributed by atoms with Crippen molar-refractivity contribution in [3.63, 3.8) is 0 Å². The first-order chi connectivity index (χ1) is 6.77. The third-order valence-electron chi connectivity index (χ3n) is 1.97. The van der Waals surface area contributed by atoms with E-state index in [1.165, 1.54) is 0 Å². The summed E-state index contributed by atoms with van der Waals surface area (Å²) in [5.74, 6) is 0.892. The third-order valence-corrected chi connectivity index (χ3v) is 3.17. The number of nitrogens with one attached hydrogen (secondary N) is 1. The fourth-order valence-electron chi connectivity index (χ4n) is 1.06. The van der Waals surface area contributed by atoms with Crippen molar-refractivity contribution in [2.75, 3.05) is 19.4 Å². The van der Waals surface area contributed by atoms with E-state index in [1.807, 2.05) is 14.1 Å². The molecule has 80 valence electrons. The minimum absolute atomic E-state index is 0.213. The minimum atomic E-state index is 0.213. The Hall–Kier alpha value is -0.590. The molecule has 0 saturated carbocycles. The maximum atomic E-state index is 8.80. The highest BCUT2D eigenvalue weighted by Gasteiger charge is 2.08. The van der Waals surface area contributed by atoms with Gasteiger partial charge in [0.2, 0.25) is 0 Å². The van der Waals surface area contributed by atoms with Crippen LogP contribution in [0.1, 0.15) is 6.42 Å². The second-order valence-corrected chi connectivity index (χ2v) is 3.96. The van der Waals surface area contributed by atoms with Gasteiger partial charge in [0.05, 0.1) is 0 Å². The van der Waals surface area contributed by atoms with Gasteiger partial charge in [-0.3, -0.25) is 0 Å². The Labute approximate surface area is 87.9 Å². The Morgan fingerprint density at radius 3 is 3.00 bits per heavy atom. The molecule has 1 unspecified atom stereocenters. The zero-order valence-corrected chi connectivity index (χ0v) is 9.29. The highest BCUT2D eigenvalue weighted by Crippen LogP contribution is 2.15. The maximum absolute atomic E-state index is 8.80. The molecule has 0 radical (unpaired) electrons. The number of nitrogens with zero attached hydrogens (tertiary/aromatic N) is 3. The first kappa shape index (κ1) is 11.5. The smallest absolute Gasteiger partial charge is 0.185 e. The molecule has 0 saturated heterocycles. The summed E-state index contributed by atoms with van der Waals surface area (Å²) in [6, 6.07) is 0.321. The number of hydrogen-bond donors (Lipinski definition) is 2. The van der Waals surface area contributed by atoms with Crippen LogP contribution in [0, 0.1) is 0 Å². The van der Waals surface area contributed by atoms with E-state index >= 15 is 0 Å². The van der Waals surface area contributed by atoms with Gasteiger partial charge in [-0.1, -0.05) is 11.8 Å². The van der Waals surface area contributed by atoms with Gasteiger partial charge in [0.15, 0.2) is 5.16 Å². The Morgan fingerprint density at radius 1 is 1.71 bits per heavy atom. The number of aliphatic hydroxyl groups is 1. The van der Waals surface area contributed by atoms with Crippen molar-refractivity contribution in [3.05, 3.63) is 6.33 Å². The molecule has 1 aromatic rings. The van der Waals surface area contributed by atoms with Crippen LogP contribution in [-0.4, -0.2) is 45.3 Å². The summed E-state index contributed by atoms with van der Waals surface area (Å²) in [6.07, 6.45) is 2.31. The van der Waals surface area contributed by atoms with Gasteiger partial charge in [-0.2, -0.15) is 5.10 Å². The van der Waals surface area contributed by atoms with Gasteiger partial charge in [0, 0.05) is 25.4 Å². The standard InChI is InChI=1S/C8H16N4OS/c1-9-7(3-4-13)5-14-8-10-6-11-12(8)2/h6-7,9,13H,3-5H2,1-2H3. The lowest BCUT2D eigenvalue weighted by molar-refractivity contribution is 0.273. The SMILES string of the molecule is CNC(CCO)CSc1ncnn1C. The fraction of sp³-hybridized carbons (Fsp3) is 0.750. The predicted octanol–water partition coefficient (Wildman–Crippen LogP) is -0.122. The molecule has 0 spiro atoms. The van der Waals surface area contributed by atoms with E-state index in [0.29, 0.717) is 6.04 Å². The lowest BCUT2D eigenvalue weighted by Crippen LogP contribution is -2.28. The summed E-state index contributed by atoms with van der Waals surface area (Å²) in [7, 11) is 3.77. The minimum Gasteiger partial charge on any atom is -0.396 e. The summed E-state index contributed by atoms with van der Waals surface area (Å²) < 4.78 is 1.75. The maximum Gasteiger partial charge on any atom is 0.185 e. The molecule has 1 heterocycles. The lowest BCUT2D eigenvalue weighted by Gasteiger charge is -2.13. The second-order valence-electron chi connectivity index (χ2n) is 2.98. The molecule has 0 aliphatic rings. The van der Waals surface area contributed by atoms with Crippen LogP contribution in [0.4, 0.5) is 0 Å². The van der Waals surface area contributed by atoms with Gasteiger partial charge in [0.25, 0.3) is 0 Å². The number of thioether (sulfide) groups is 1. The van der Waals surface area contributed by atoms with Gasteiger partial charge in [0.1, 0.15) is 6.33 Å². The van der Waals surface area contributed by atoms with Gasteiger partial charge < -0.3 is 10.4 Å². The largest absolute Gasteiger partial charge is 0.396 e. The normalized spacial score (nSPS) is 13.1. The van der Waals surface area contributed by atoms with E-state index in [4.69, 9.17) is 5.11 Å². The first-order valence-corrected chi connectivity index (χ1v) is 5.51. The molecule has 6 heteroatoms. The average molecular weight is 216 g/mol. The van der Waals surface area contributed by atoms with E-state index in [-0.39, 0.29) is 6.61 Å². The van der Waals surface area contributed by atoms with Crippen LogP contribution in [0.15, 0.2) is 11.5 Å². The van der Waals surface area contributed by atoms with E-state index in [9.17, 15) is 0 Å². The van der Waals surface area contributed by atoms with Crippen LogP contribution < -0.4 is 5.32 Å².